The van der Waals surface area contributed by atoms with Crippen LogP contribution in [-0.2, 0) is 9.14 Å². The van der Waals surface area contributed by atoms with Crippen LogP contribution in [0.4, 0.5) is 13.2 Å². The summed E-state index contributed by atoms with van der Waals surface area (Å²) in [7, 11) is -1.14. The molecule has 27 heavy (non-hydrogen) atoms. The number of benzene rings is 3. The quantitative estimate of drug-likeness (QED) is 0.638. The molecule has 0 saturated heterocycles. The highest BCUT2D eigenvalue weighted by atomic mass is 19.1. The SMILES string of the molecule is OB(OB(O[B]c1ccc(F)cc1)c1ccc(F)cc1)c1ccc(F)cc1. The summed E-state index contributed by atoms with van der Waals surface area (Å²) in [5.74, 6) is -1.26. The van der Waals surface area contributed by atoms with E-state index in [9.17, 15) is 18.2 Å². The van der Waals surface area contributed by atoms with E-state index >= 15 is 0 Å². The molecule has 0 unspecified atom stereocenters. The third kappa shape index (κ3) is 5.50. The summed E-state index contributed by atoms with van der Waals surface area (Å²) in [5, 5.41) is 10.3. The molecule has 0 atom stereocenters. The average molecular weight is 367 g/mol. The molecule has 1 N–H and O–H groups in total. The van der Waals surface area contributed by atoms with Crippen molar-refractivity contribution < 1.29 is 27.3 Å². The largest absolute Gasteiger partial charge is 0.477 e. The Balaban J connectivity index is 1.75. The summed E-state index contributed by atoms with van der Waals surface area (Å²) in [6, 6.07) is 16.1. The van der Waals surface area contributed by atoms with Crippen molar-refractivity contribution in [2.75, 3.05) is 0 Å². The lowest BCUT2D eigenvalue weighted by Crippen LogP contribution is -2.48. The van der Waals surface area contributed by atoms with E-state index in [1.165, 1.54) is 80.3 Å². The van der Waals surface area contributed by atoms with Crippen molar-refractivity contribution in [3.63, 3.8) is 0 Å². The second-order valence-electron chi connectivity index (χ2n) is 5.73. The van der Waals surface area contributed by atoms with Gasteiger partial charge in [-0.15, -0.1) is 0 Å². The molecule has 0 aliphatic carbocycles. The van der Waals surface area contributed by atoms with Crippen LogP contribution < -0.4 is 16.4 Å². The molecule has 133 valence electrons. The number of rotatable bonds is 7. The predicted molar refractivity (Wildman–Crippen MR) is 99.8 cm³/mol. The van der Waals surface area contributed by atoms with Crippen molar-refractivity contribution in [2.45, 2.75) is 0 Å². The maximum Gasteiger partial charge on any atom is 0.477 e. The van der Waals surface area contributed by atoms with E-state index in [1.54, 1.807) is 0 Å². The van der Waals surface area contributed by atoms with Crippen molar-refractivity contribution in [1.29, 1.82) is 0 Å². The van der Waals surface area contributed by atoms with Gasteiger partial charge in [0.25, 0.3) is 0 Å². The van der Waals surface area contributed by atoms with E-state index < -0.39 is 25.9 Å². The Morgan fingerprint density at radius 3 is 1.63 bits per heavy atom. The Kier molecular flexibility index (Phi) is 6.39. The third-order valence-corrected chi connectivity index (χ3v) is 3.75. The van der Waals surface area contributed by atoms with Crippen molar-refractivity contribution >= 4 is 38.1 Å². The smallest absolute Gasteiger partial charge is 0.471 e. The predicted octanol–water partition coefficient (Wildman–Crippen LogP) is 1.16. The molecule has 0 saturated carbocycles. The van der Waals surface area contributed by atoms with Crippen LogP contribution in [0.1, 0.15) is 0 Å². The van der Waals surface area contributed by atoms with Gasteiger partial charge in [-0.05, 0) is 47.3 Å². The van der Waals surface area contributed by atoms with Crippen molar-refractivity contribution in [3.05, 3.63) is 90.2 Å². The molecule has 0 heterocycles. The van der Waals surface area contributed by atoms with Gasteiger partial charge in [-0.2, -0.15) is 0 Å². The molecular formula is C18H13B3F3O3. The number of hydrogen-bond donors (Lipinski definition) is 1. The van der Waals surface area contributed by atoms with E-state index in [4.69, 9.17) is 9.14 Å². The van der Waals surface area contributed by atoms with Crippen molar-refractivity contribution in [1.82, 2.24) is 0 Å². The zero-order chi connectivity index (χ0) is 19.2. The Labute approximate surface area is 156 Å². The molecule has 0 aliphatic heterocycles. The minimum atomic E-state index is -1.40. The minimum absolute atomic E-state index is 0.328. The van der Waals surface area contributed by atoms with Gasteiger partial charge < -0.3 is 14.2 Å². The summed E-state index contributed by atoms with van der Waals surface area (Å²) in [5.41, 5.74) is 1.35. The van der Waals surface area contributed by atoms with Crippen LogP contribution >= 0.6 is 0 Å². The fourth-order valence-electron chi connectivity index (χ4n) is 2.31. The fraction of sp³-hybridized carbons (Fsp3) is 0. The lowest BCUT2D eigenvalue weighted by atomic mass is 9.69. The molecule has 3 rings (SSSR count). The summed E-state index contributed by atoms with van der Waals surface area (Å²) in [4.78, 5) is 0. The highest BCUT2D eigenvalue weighted by Gasteiger charge is 2.29. The molecule has 0 bridgehead atoms. The van der Waals surface area contributed by atoms with Crippen LogP contribution in [0.2, 0.25) is 0 Å². The lowest BCUT2D eigenvalue weighted by molar-refractivity contribution is 0.392. The summed E-state index contributed by atoms with van der Waals surface area (Å²) < 4.78 is 50.3. The Bertz CT molecular complexity index is 862. The lowest BCUT2D eigenvalue weighted by Gasteiger charge is -2.18. The monoisotopic (exact) mass is 367 g/mol. The van der Waals surface area contributed by atoms with Gasteiger partial charge in [0.05, 0.1) is 0 Å². The van der Waals surface area contributed by atoms with Gasteiger partial charge in [-0.1, -0.05) is 41.9 Å². The fourth-order valence-corrected chi connectivity index (χ4v) is 2.31. The van der Waals surface area contributed by atoms with E-state index in [-0.39, 0.29) is 5.82 Å². The molecule has 3 aromatic carbocycles. The van der Waals surface area contributed by atoms with Crippen LogP contribution in [0.25, 0.3) is 0 Å². The van der Waals surface area contributed by atoms with Gasteiger partial charge in [0.1, 0.15) is 17.5 Å². The van der Waals surface area contributed by atoms with Crippen molar-refractivity contribution in [3.8, 4) is 0 Å². The minimum Gasteiger partial charge on any atom is -0.471 e. The first-order valence-corrected chi connectivity index (χ1v) is 8.10. The molecule has 3 aromatic rings. The standard InChI is InChI=1S/C18H13B3F3O3/c22-16-7-1-13(2-8-16)19-26-21(15-5-11-18(24)12-6-15)27-20(25)14-3-9-17(23)10-4-14/h1-12,25H. The first-order chi connectivity index (χ1) is 13.0. The second-order valence-corrected chi connectivity index (χ2v) is 5.73. The average Bonchev–Trinajstić information content (AvgIpc) is 2.67. The first kappa shape index (κ1) is 19.3. The Hall–Kier alpha value is -2.48. The second kappa shape index (κ2) is 8.95. The highest BCUT2D eigenvalue weighted by Crippen LogP contribution is 2.01. The molecule has 0 spiro atoms. The van der Waals surface area contributed by atoms with Gasteiger partial charge >= 0.3 is 21.7 Å². The number of hydrogen-bond acceptors (Lipinski definition) is 3. The van der Waals surface area contributed by atoms with Gasteiger partial charge in [-0.3, -0.25) is 0 Å². The molecule has 0 fully saturated rings. The van der Waals surface area contributed by atoms with Gasteiger partial charge in [-0.25, -0.2) is 13.2 Å². The molecular weight excluding hydrogens is 354 g/mol. The van der Waals surface area contributed by atoms with Crippen LogP contribution in [0.15, 0.2) is 72.8 Å². The van der Waals surface area contributed by atoms with Crippen LogP contribution in [0.5, 0.6) is 0 Å². The van der Waals surface area contributed by atoms with Gasteiger partial charge in [0.15, 0.2) is 0 Å². The van der Waals surface area contributed by atoms with Crippen LogP contribution in [-0.4, -0.2) is 26.7 Å². The molecule has 0 aromatic heterocycles. The highest BCUT2D eigenvalue weighted by molar-refractivity contribution is 6.76. The van der Waals surface area contributed by atoms with Gasteiger partial charge in [0, 0.05) is 0 Å². The van der Waals surface area contributed by atoms with Crippen molar-refractivity contribution in [2.24, 2.45) is 0 Å². The van der Waals surface area contributed by atoms with E-state index in [0.717, 1.165) is 0 Å². The van der Waals surface area contributed by atoms with Crippen LogP contribution in [0.3, 0.4) is 0 Å². The third-order valence-electron chi connectivity index (χ3n) is 3.75. The zero-order valence-corrected chi connectivity index (χ0v) is 14.1. The summed E-state index contributed by atoms with van der Waals surface area (Å²) >= 11 is 0. The summed E-state index contributed by atoms with van der Waals surface area (Å²) in [6.07, 6.45) is 0. The Morgan fingerprint density at radius 2 is 1.11 bits per heavy atom. The molecule has 0 aliphatic rings. The van der Waals surface area contributed by atoms with E-state index in [0.29, 0.717) is 16.4 Å². The Morgan fingerprint density at radius 1 is 0.667 bits per heavy atom. The molecule has 9 heteroatoms. The first-order valence-electron chi connectivity index (χ1n) is 8.10. The van der Waals surface area contributed by atoms with E-state index in [2.05, 4.69) is 0 Å². The molecule has 1 radical (unpaired) electrons. The van der Waals surface area contributed by atoms with Crippen LogP contribution in [0, 0.1) is 17.5 Å². The normalized spacial score (nSPS) is 10.5. The van der Waals surface area contributed by atoms with Gasteiger partial charge in [0.2, 0.25) is 0 Å². The van der Waals surface area contributed by atoms with E-state index in [1.807, 2.05) is 0 Å². The molecule has 0 amide bonds. The molecule has 3 nitrogen and oxygen atoms in total. The maximum absolute atomic E-state index is 13.2. The topological polar surface area (TPSA) is 38.7 Å². The number of halogens is 3. The zero-order valence-electron chi connectivity index (χ0n) is 14.1. The maximum atomic E-state index is 13.2. The summed E-state index contributed by atoms with van der Waals surface area (Å²) in [6.45, 7) is 0.